The summed E-state index contributed by atoms with van der Waals surface area (Å²) in [6.45, 7) is 4.37. The van der Waals surface area contributed by atoms with E-state index in [0.29, 0.717) is 0 Å². The Morgan fingerprint density at radius 2 is 1.14 bits per heavy atom. The van der Waals surface area contributed by atoms with Crippen LogP contribution in [0.5, 0.6) is 0 Å². The molecular weight excluding hydrogens is 272 g/mol. The van der Waals surface area contributed by atoms with Crippen LogP contribution in [0.2, 0.25) is 0 Å². The van der Waals surface area contributed by atoms with Gasteiger partial charge >= 0.3 is 0 Å². The van der Waals surface area contributed by atoms with Crippen LogP contribution in [0.15, 0.2) is 93.5 Å². The van der Waals surface area contributed by atoms with Gasteiger partial charge in [0.1, 0.15) is 0 Å². The number of aryl methyl sites for hydroxylation is 2. The zero-order chi connectivity index (χ0) is 14.7. The van der Waals surface area contributed by atoms with Crippen molar-refractivity contribution in [3.8, 4) is 0 Å². The minimum Gasteiger partial charge on any atom is -0.0619 e. The first-order chi connectivity index (χ1) is 10.3. The Hall–Kier alpha value is -1.99. The molecule has 0 saturated carbocycles. The van der Waals surface area contributed by atoms with Crippen LogP contribution in [-0.2, 0) is 10.9 Å². The Kier molecular flexibility index (Phi) is 4.12. The highest BCUT2D eigenvalue weighted by atomic mass is 32.2. The summed E-state index contributed by atoms with van der Waals surface area (Å²) in [5.41, 5.74) is 2.69. The fraction of sp³-hybridized carbons (Fsp3) is 0.100. The lowest BCUT2D eigenvalue weighted by Crippen LogP contribution is -2.06. The fourth-order valence-electron chi connectivity index (χ4n) is 2.53. The van der Waals surface area contributed by atoms with Gasteiger partial charge in [-0.05, 0) is 44.2 Å². The maximum absolute atomic E-state index is 2.29. The molecule has 1 heteroatoms. The first kappa shape index (κ1) is 14.0. The molecular formula is C20H19S+. The number of hydrogen-bond acceptors (Lipinski definition) is 0. The Morgan fingerprint density at radius 3 is 1.62 bits per heavy atom. The minimum absolute atomic E-state index is 0.0345. The van der Waals surface area contributed by atoms with Gasteiger partial charge in [-0.1, -0.05) is 54.1 Å². The van der Waals surface area contributed by atoms with Gasteiger partial charge in [0.25, 0.3) is 0 Å². The molecule has 0 heterocycles. The predicted molar refractivity (Wildman–Crippen MR) is 91.0 cm³/mol. The molecule has 0 N–H and O–H groups in total. The SMILES string of the molecule is Cc1ccc([S+](c2ccccc2)c2ccccc2)c(C)c1. The molecule has 104 valence electrons. The van der Waals surface area contributed by atoms with E-state index in [4.69, 9.17) is 0 Å². The van der Waals surface area contributed by atoms with Crippen LogP contribution in [0, 0.1) is 13.8 Å². The summed E-state index contributed by atoms with van der Waals surface area (Å²) in [5.74, 6) is 0. The minimum atomic E-state index is -0.0345. The van der Waals surface area contributed by atoms with E-state index in [1.54, 1.807) is 0 Å². The summed E-state index contributed by atoms with van der Waals surface area (Å²) in [4.78, 5) is 4.16. The molecule has 0 unspecified atom stereocenters. The highest BCUT2D eigenvalue weighted by molar-refractivity contribution is 7.97. The molecule has 0 aliphatic rings. The van der Waals surface area contributed by atoms with Gasteiger partial charge in [-0.2, -0.15) is 0 Å². The molecule has 21 heavy (non-hydrogen) atoms. The molecule has 0 amide bonds. The first-order valence-electron chi connectivity index (χ1n) is 7.17. The molecule has 0 aliphatic heterocycles. The van der Waals surface area contributed by atoms with Gasteiger partial charge in [-0.3, -0.25) is 0 Å². The second kappa shape index (κ2) is 6.19. The van der Waals surface area contributed by atoms with E-state index in [2.05, 4.69) is 92.7 Å². The molecule has 0 atom stereocenters. The topological polar surface area (TPSA) is 0 Å². The lowest BCUT2D eigenvalue weighted by atomic mass is 10.2. The van der Waals surface area contributed by atoms with Gasteiger partial charge < -0.3 is 0 Å². The van der Waals surface area contributed by atoms with E-state index in [1.165, 1.54) is 25.8 Å². The van der Waals surface area contributed by atoms with Crippen LogP contribution in [0.25, 0.3) is 0 Å². The lowest BCUT2D eigenvalue weighted by Gasteiger charge is -2.10. The van der Waals surface area contributed by atoms with Crippen LogP contribution in [-0.4, -0.2) is 0 Å². The van der Waals surface area contributed by atoms with E-state index in [9.17, 15) is 0 Å². The van der Waals surface area contributed by atoms with Gasteiger partial charge in [-0.15, -0.1) is 0 Å². The second-order valence-corrected chi connectivity index (χ2v) is 7.20. The quantitative estimate of drug-likeness (QED) is 0.567. The summed E-state index contributed by atoms with van der Waals surface area (Å²) < 4.78 is 0. The average Bonchev–Trinajstić information content (AvgIpc) is 2.52. The van der Waals surface area contributed by atoms with E-state index in [-0.39, 0.29) is 10.9 Å². The summed E-state index contributed by atoms with van der Waals surface area (Å²) in [7, 11) is -0.0345. The number of rotatable bonds is 3. The van der Waals surface area contributed by atoms with Crippen LogP contribution in [0.4, 0.5) is 0 Å². The molecule has 0 nitrogen and oxygen atoms in total. The van der Waals surface area contributed by atoms with E-state index >= 15 is 0 Å². The molecule has 3 aromatic rings. The zero-order valence-electron chi connectivity index (χ0n) is 12.4. The van der Waals surface area contributed by atoms with Gasteiger partial charge in [0.15, 0.2) is 14.7 Å². The largest absolute Gasteiger partial charge is 0.169 e. The highest BCUT2D eigenvalue weighted by Crippen LogP contribution is 2.33. The number of hydrogen-bond donors (Lipinski definition) is 0. The third-order valence-electron chi connectivity index (χ3n) is 3.51. The molecule has 0 spiro atoms. The Morgan fingerprint density at radius 1 is 0.619 bits per heavy atom. The fourth-order valence-corrected chi connectivity index (χ4v) is 4.76. The maximum Gasteiger partial charge on any atom is 0.169 e. The van der Waals surface area contributed by atoms with Crippen molar-refractivity contribution in [1.29, 1.82) is 0 Å². The van der Waals surface area contributed by atoms with Crippen molar-refractivity contribution < 1.29 is 0 Å². The van der Waals surface area contributed by atoms with Gasteiger partial charge in [0.2, 0.25) is 0 Å². The van der Waals surface area contributed by atoms with Gasteiger partial charge in [0.05, 0.1) is 10.9 Å². The van der Waals surface area contributed by atoms with Crippen molar-refractivity contribution >= 4 is 10.9 Å². The lowest BCUT2D eigenvalue weighted by molar-refractivity contribution is 1.23. The molecule has 3 aromatic carbocycles. The van der Waals surface area contributed by atoms with Crippen LogP contribution >= 0.6 is 0 Å². The first-order valence-corrected chi connectivity index (χ1v) is 8.40. The Bertz CT molecular complexity index is 678. The van der Waals surface area contributed by atoms with Crippen molar-refractivity contribution in [3.63, 3.8) is 0 Å². The van der Waals surface area contributed by atoms with Crippen molar-refractivity contribution in [1.82, 2.24) is 0 Å². The molecule has 0 saturated heterocycles. The molecule has 0 aromatic heterocycles. The Labute approximate surface area is 129 Å². The maximum atomic E-state index is 2.29. The molecule has 0 aliphatic carbocycles. The zero-order valence-corrected chi connectivity index (χ0v) is 13.2. The predicted octanol–water partition coefficient (Wildman–Crippen LogP) is 5.40. The third kappa shape index (κ3) is 3.03. The molecule has 0 fully saturated rings. The van der Waals surface area contributed by atoms with Gasteiger partial charge in [-0.25, -0.2) is 0 Å². The third-order valence-corrected chi connectivity index (χ3v) is 5.89. The average molecular weight is 291 g/mol. The molecule has 0 bridgehead atoms. The summed E-state index contributed by atoms with van der Waals surface area (Å²) in [6.07, 6.45) is 0. The summed E-state index contributed by atoms with van der Waals surface area (Å²) in [5, 5.41) is 0. The van der Waals surface area contributed by atoms with Gasteiger partial charge in [0, 0.05) is 5.56 Å². The van der Waals surface area contributed by atoms with Crippen molar-refractivity contribution in [2.75, 3.05) is 0 Å². The summed E-state index contributed by atoms with van der Waals surface area (Å²) >= 11 is 0. The smallest absolute Gasteiger partial charge is 0.0619 e. The molecule has 3 rings (SSSR count). The van der Waals surface area contributed by atoms with E-state index < -0.39 is 0 Å². The normalized spacial score (nSPS) is 10.8. The van der Waals surface area contributed by atoms with Crippen LogP contribution < -0.4 is 0 Å². The standard InChI is InChI=1S/C20H19S/c1-16-13-14-20(17(2)15-16)21(18-9-5-3-6-10-18)19-11-7-4-8-12-19/h3-15H,1-2H3/q+1. The number of benzene rings is 3. The van der Waals surface area contributed by atoms with E-state index in [1.807, 2.05) is 0 Å². The van der Waals surface area contributed by atoms with Crippen molar-refractivity contribution in [2.45, 2.75) is 28.5 Å². The van der Waals surface area contributed by atoms with Crippen molar-refractivity contribution in [2.24, 2.45) is 0 Å². The second-order valence-electron chi connectivity index (χ2n) is 5.20. The highest BCUT2D eigenvalue weighted by Gasteiger charge is 2.29. The summed E-state index contributed by atoms with van der Waals surface area (Å²) in [6, 6.07) is 28.4. The Balaban J connectivity index is 2.17. The van der Waals surface area contributed by atoms with E-state index in [0.717, 1.165) is 0 Å². The van der Waals surface area contributed by atoms with Crippen molar-refractivity contribution in [3.05, 3.63) is 90.0 Å². The van der Waals surface area contributed by atoms with Crippen LogP contribution in [0.1, 0.15) is 11.1 Å². The molecule has 0 radical (unpaired) electrons. The monoisotopic (exact) mass is 291 g/mol. The van der Waals surface area contributed by atoms with Crippen LogP contribution in [0.3, 0.4) is 0 Å².